The summed E-state index contributed by atoms with van der Waals surface area (Å²) in [6.45, 7) is 1.04. The number of imide groups is 1. The first kappa shape index (κ1) is 44.0. The maximum absolute atomic E-state index is 13.7. The van der Waals surface area contributed by atoms with Gasteiger partial charge < -0.3 is 43.0 Å². The van der Waals surface area contributed by atoms with Crippen LogP contribution in [0.15, 0.2) is 103 Å². The number of hydrogen-bond acceptors (Lipinski definition) is 14. The molecule has 15 nitrogen and oxygen atoms in total. The van der Waals surface area contributed by atoms with Crippen molar-refractivity contribution in [3.05, 3.63) is 120 Å². The molecule has 2 aliphatic rings. The molecule has 8 atom stereocenters. The monoisotopic (exact) mass is 803 g/mol. The number of amides is 2. The van der Waals surface area contributed by atoms with Crippen LogP contribution >= 0.6 is 0 Å². The highest BCUT2D eigenvalue weighted by atomic mass is 16.7. The Balaban J connectivity index is 1.22. The number of esters is 1. The van der Waals surface area contributed by atoms with Gasteiger partial charge in [0.25, 0.3) is 5.91 Å². The zero-order valence-corrected chi connectivity index (χ0v) is 32.6. The summed E-state index contributed by atoms with van der Waals surface area (Å²) in [5.74, 6) is -3.22. The number of hydrogen-bond donors (Lipinski definition) is 1. The average molecular weight is 804 g/mol. The second-order valence-corrected chi connectivity index (χ2v) is 13.5. The molecule has 0 aromatic heterocycles. The Bertz CT molecular complexity index is 1820. The number of rotatable bonds is 21. The fraction of sp³-hybridized carbons (Fsp3) is 0.419. The van der Waals surface area contributed by atoms with Gasteiger partial charge in [-0.05, 0) is 35.3 Å². The molecule has 2 heterocycles. The predicted octanol–water partition coefficient (Wildman–Crippen LogP) is 4.05. The van der Waals surface area contributed by atoms with Crippen LogP contribution in [0.5, 0.6) is 0 Å². The first-order valence-electron chi connectivity index (χ1n) is 18.9. The van der Waals surface area contributed by atoms with Crippen molar-refractivity contribution >= 4 is 29.5 Å². The molecule has 3 aromatic carbocycles. The van der Waals surface area contributed by atoms with Gasteiger partial charge in [0.1, 0.15) is 37.1 Å². The molecule has 15 heteroatoms. The summed E-state index contributed by atoms with van der Waals surface area (Å²) in [7, 11) is 2.58. The molecule has 5 rings (SSSR count). The number of carbonyl (C=O) groups is 5. The van der Waals surface area contributed by atoms with Crippen molar-refractivity contribution in [2.45, 2.75) is 81.9 Å². The SMILES string of the molecule is COC1OC(CO)C(OCc2ccccc2)C(OCc2ccccc2)C1OCCCC(=O)C=CC(=O)C(OC(C)=O)C(OC)C(=O)N1C(=O)OCC1c1ccccc1. The van der Waals surface area contributed by atoms with E-state index in [0.29, 0.717) is 5.56 Å². The normalized spacial score (nSPS) is 23.0. The second-order valence-electron chi connectivity index (χ2n) is 13.5. The van der Waals surface area contributed by atoms with Gasteiger partial charge >= 0.3 is 12.1 Å². The van der Waals surface area contributed by atoms with Crippen LogP contribution in [0.25, 0.3) is 0 Å². The lowest BCUT2D eigenvalue weighted by Crippen LogP contribution is -2.61. The number of aliphatic hydroxyl groups is 1. The Morgan fingerprint density at radius 2 is 1.41 bits per heavy atom. The smallest absolute Gasteiger partial charge is 0.417 e. The van der Waals surface area contributed by atoms with Gasteiger partial charge in [-0.3, -0.25) is 19.2 Å². The molecule has 310 valence electrons. The van der Waals surface area contributed by atoms with Gasteiger partial charge in [0.2, 0.25) is 0 Å². The van der Waals surface area contributed by atoms with E-state index >= 15 is 0 Å². The molecule has 0 saturated carbocycles. The summed E-state index contributed by atoms with van der Waals surface area (Å²) >= 11 is 0. The molecule has 2 aliphatic heterocycles. The van der Waals surface area contributed by atoms with Gasteiger partial charge in [0.15, 0.2) is 30.1 Å². The van der Waals surface area contributed by atoms with Crippen LogP contribution in [0.3, 0.4) is 0 Å². The highest BCUT2D eigenvalue weighted by Crippen LogP contribution is 2.31. The van der Waals surface area contributed by atoms with E-state index in [2.05, 4.69) is 0 Å². The Labute approximate surface area is 336 Å². The highest BCUT2D eigenvalue weighted by Gasteiger charge is 2.49. The first-order chi connectivity index (χ1) is 28.1. The van der Waals surface area contributed by atoms with E-state index in [4.69, 9.17) is 37.9 Å². The summed E-state index contributed by atoms with van der Waals surface area (Å²) in [6, 6.07) is 26.9. The van der Waals surface area contributed by atoms with Crippen LogP contribution < -0.4 is 0 Å². The van der Waals surface area contributed by atoms with Gasteiger partial charge in [-0.25, -0.2) is 9.69 Å². The number of aliphatic hydroxyl groups excluding tert-OH is 1. The van der Waals surface area contributed by atoms with Crippen LogP contribution in [0.2, 0.25) is 0 Å². The molecule has 0 radical (unpaired) electrons. The van der Waals surface area contributed by atoms with Gasteiger partial charge in [0.05, 0.1) is 19.8 Å². The van der Waals surface area contributed by atoms with E-state index in [9.17, 15) is 29.1 Å². The topological polar surface area (TPSA) is 183 Å². The minimum atomic E-state index is -1.81. The van der Waals surface area contributed by atoms with Crippen molar-refractivity contribution in [2.24, 2.45) is 0 Å². The Morgan fingerprint density at radius 3 is 1.98 bits per heavy atom. The molecule has 0 spiro atoms. The van der Waals surface area contributed by atoms with Crippen LogP contribution in [0.1, 0.15) is 42.5 Å². The first-order valence-corrected chi connectivity index (χ1v) is 18.9. The van der Waals surface area contributed by atoms with Crippen molar-refractivity contribution < 1.29 is 67.0 Å². The fourth-order valence-corrected chi connectivity index (χ4v) is 6.66. The van der Waals surface area contributed by atoms with E-state index in [1.165, 1.54) is 7.11 Å². The third-order valence-corrected chi connectivity index (χ3v) is 9.53. The Kier molecular flexibility index (Phi) is 16.8. The summed E-state index contributed by atoms with van der Waals surface area (Å²) in [5.41, 5.74) is 2.42. The summed E-state index contributed by atoms with van der Waals surface area (Å²) in [6.07, 6.45) is -6.49. The summed E-state index contributed by atoms with van der Waals surface area (Å²) in [5, 5.41) is 10.3. The molecule has 3 aromatic rings. The van der Waals surface area contributed by atoms with Crippen LogP contribution in [-0.2, 0) is 70.3 Å². The number of cyclic esters (lactones) is 1. The maximum atomic E-state index is 13.7. The number of allylic oxidation sites excluding steroid dienone is 1. The van der Waals surface area contributed by atoms with E-state index in [-0.39, 0.29) is 45.9 Å². The highest BCUT2D eigenvalue weighted by molar-refractivity contribution is 6.05. The van der Waals surface area contributed by atoms with Crippen molar-refractivity contribution in [1.29, 1.82) is 0 Å². The van der Waals surface area contributed by atoms with Crippen LogP contribution in [0, 0.1) is 0 Å². The minimum absolute atomic E-state index is 0.0483. The van der Waals surface area contributed by atoms with Crippen molar-refractivity contribution in [3.63, 3.8) is 0 Å². The van der Waals surface area contributed by atoms with Gasteiger partial charge in [0, 0.05) is 34.2 Å². The second kappa shape index (κ2) is 22.1. The Morgan fingerprint density at radius 1 is 0.810 bits per heavy atom. The summed E-state index contributed by atoms with van der Waals surface area (Å²) < 4.78 is 46.4. The van der Waals surface area contributed by atoms with Crippen LogP contribution in [-0.4, -0.2) is 116 Å². The minimum Gasteiger partial charge on any atom is -0.451 e. The molecule has 1 N–H and O–H groups in total. The van der Waals surface area contributed by atoms with Gasteiger partial charge in [-0.1, -0.05) is 91.0 Å². The Hall–Kier alpha value is -5.13. The van der Waals surface area contributed by atoms with Crippen molar-refractivity contribution in [1.82, 2.24) is 4.90 Å². The molecule has 2 saturated heterocycles. The van der Waals surface area contributed by atoms with E-state index in [0.717, 1.165) is 42.2 Å². The van der Waals surface area contributed by atoms with E-state index in [1.54, 1.807) is 30.3 Å². The van der Waals surface area contributed by atoms with Gasteiger partial charge in [-0.15, -0.1) is 0 Å². The number of methoxy groups -OCH3 is 2. The standard InChI is InChI=1S/C43H49NO14/c1-28(46)57-36(39(51-2)41(49)44-33(27-56-43(44)50)31-18-11-6-12-19-31)34(48)22-21-32(47)20-13-23-53-40-38(55-26-30-16-9-5-10-17-30)37(35(24-45)58-42(40)52-3)54-25-29-14-7-4-8-15-29/h4-12,14-19,21-22,33,35-40,42,45H,13,20,23-27H2,1-3H3. The fourth-order valence-electron chi connectivity index (χ4n) is 6.66. The largest absolute Gasteiger partial charge is 0.451 e. The maximum Gasteiger partial charge on any atom is 0.417 e. The quantitative estimate of drug-likeness (QED) is 0.0925. The molecular formula is C43H49NO14. The third-order valence-electron chi connectivity index (χ3n) is 9.53. The number of ether oxygens (including phenoxy) is 8. The number of ketones is 2. The molecule has 58 heavy (non-hydrogen) atoms. The lowest BCUT2D eigenvalue weighted by molar-refractivity contribution is -0.319. The van der Waals surface area contributed by atoms with E-state index < -0.39 is 78.5 Å². The lowest BCUT2D eigenvalue weighted by atomic mass is 9.98. The van der Waals surface area contributed by atoms with E-state index in [1.807, 2.05) is 60.7 Å². The van der Waals surface area contributed by atoms with Gasteiger partial charge in [-0.2, -0.15) is 0 Å². The number of carbonyl (C=O) groups excluding carboxylic acids is 5. The molecule has 8 unspecified atom stereocenters. The number of benzene rings is 3. The molecule has 0 aliphatic carbocycles. The molecule has 2 fully saturated rings. The number of nitrogens with zero attached hydrogens (tertiary/aromatic N) is 1. The molecular weight excluding hydrogens is 754 g/mol. The third kappa shape index (κ3) is 11.7. The predicted molar refractivity (Wildman–Crippen MR) is 205 cm³/mol. The summed E-state index contributed by atoms with van der Waals surface area (Å²) in [4.78, 5) is 65.6. The lowest BCUT2D eigenvalue weighted by Gasteiger charge is -2.45. The average Bonchev–Trinajstić information content (AvgIpc) is 3.64. The van der Waals surface area contributed by atoms with Crippen LogP contribution in [0.4, 0.5) is 4.79 Å². The van der Waals surface area contributed by atoms with Crippen molar-refractivity contribution in [3.8, 4) is 0 Å². The zero-order chi connectivity index (χ0) is 41.4. The van der Waals surface area contributed by atoms with Crippen molar-refractivity contribution in [2.75, 3.05) is 34.0 Å². The zero-order valence-electron chi connectivity index (χ0n) is 32.6. The molecule has 0 bridgehead atoms. The molecule has 2 amide bonds.